The van der Waals surface area contributed by atoms with Crippen LogP contribution < -0.4 is 14.8 Å². The molecule has 0 saturated carbocycles. The van der Waals surface area contributed by atoms with Crippen LogP contribution in [0.5, 0.6) is 11.5 Å². The van der Waals surface area contributed by atoms with Gasteiger partial charge in [-0.15, -0.1) is 0 Å². The highest BCUT2D eigenvalue weighted by Gasteiger charge is 2.23. The molecule has 21 heavy (non-hydrogen) atoms. The van der Waals surface area contributed by atoms with Gasteiger partial charge in [0.1, 0.15) is 11.5 Å². The number of anilines is 1. The van der Waals surface area contributed by atoms with Crippen molar-refractivity contribution in [1.82, 2.24) is 0 Å². The topological polar surface area (TPSA) is 30.5 Å². The molecule has 1 atom stereocenters. The predicted molar refractivity (Wildman–Crippen MR) is 85.9 cm³/mol. The van der Waals surface area contributed by atoms with Crippen LogP contribution in [0.25, 0.3) is 0 Å². The lowest BCUT2D eigenvalue weighted by atomic mass is 10.00. The number of benzene rings is 2. The van der Waals surface area contributed by atoms with Crippen LogP contribution in [0.15, 0.2) is 36.4 Å². The largest absolute Gasteiger partial charge is 0.497 e. The Morgan fingerprint density at radius 2 is 1.95 bits per heavy atom. The van der Waals surface area contributed by atoms with Crippen molar-refractivity contribution in [2.45, 2.75) is 12.5 Å². The average Bonchev–Trinajstić information content (AvgIpc) is 2.50. The van der Waals surface area contributed by atoms with E-state index in [0.717, 1.165) is 29.2 Å². The third-order valence-electron chi connectivity index (χ3n) is 3.54. The fourth-order valence-corrected chi connectivity index (χ4v) is 2.97. The molecular formula is C16H15Cl2NO2. The Kier molecular flexibility index (Phi) is 4.13. The molecule has 1 unspecified atom stereocenters. The van der Waals surface area contributed by atoms with E-state index in [0.29, 0.717) is 16.7 Å². The van der Waals surface area contributed by atoms with Crippen LogP contribution in [0.2, 0.25) is 10.0 Å². The van der Waals surface area contributed by atoms with E-state index >= 15 is 0 Å². The summed E-state index contributed by atoms with van der Waals surface area (Å²) in [6, 6.07) is 11.4. The summed E-state index contributed by atoms with van der Waals surface area (Å²) in [5.74, 6) is 1.67. The van der Waals surface area contributed by atoms with Crippen molar-refractivity contribution in [2.75, 3.05) is 19.0 Å². The van der Waals surface area contributed by atoms with E-state index in [1.54, 1.807) is 7.11 Å². The maximum Gasteiger partial charge on any atom is 0.124 e. The van der Waals surface area contributed by atoms with E-state index in [-0.39, 0.29) is 6.04 Å². The van der Waals surface area contributed by atoms with Crippen LogP contribution >= 0.6 is 23.2 Å². The average molecular weight is 324 g/mol. The second-order valence-corrected chi connectivity index (χ2v) is 5.65. The van der Waals surface area contributed by atoms with Crippen molar-refractivity contribution in [3.63, 3.8) is 0 Å². The van der Waals surface area contributed by atoms with Gasteiger partial charge in [-0.25, -0.2) is 0 Å². The number of nitrogens with one attached hydrogen (secondary N) is 1. The number of methoxy groups -OCH3 is 1. The molecule has 3 nitrogen and oxygen atoms in total. The van der Waals surface area contributed by atoms with Gasteiger partial charge in [0.2, 0.25) is 0 Å². The predicted octanol–water partition coefficient (Wildman–Crippen LogP) is 4.94. The van der Waals surface area contributed by atoms with Crippen LogP contribution in [-0.4, -0.2) is 13.7 Å². The number of ether oxygens (including phenoxy) is 2. The maximum atomic E-state index is 6.23. The van der Waals surface area contributed by atoms with E-state index in [1.165, 1.54) is 0 Å². The summed E-state index contributed by atoms with van der Waals surface area (Å²) in [7, 11) is 1.65. The first-order valence-corrected chi connectivity index (χ1v) is 7.46. The molecule has 0 saturated heterocycles. The normalized spacial score (nSPS) is 16.8. The Hall–Kier alpha value is -1.58. The molecule has 0 spiro atoms. The summed E-state index contributed by atoms with van der Waals surface area (Å²) < 4.78 is 11.0. The monoisotopic (exact) mass is 323 g/mol. The summed E-state index contributed by atoms with van der Waals surface area (Å²) in [4.78, 5) is 0. The molecule has 0 fully saturated rings. The number of rotatable bonds is 3. The molecule has 110 valence electrons. The van der Waals surface area contributed by atoms with Crippen LogP contribution in [0.3, 0.4) is 0 Å². The van der Waals surface area contributed by atoms with E-state index in [4.69, 9.17) is 32.7 Å². The third-order valence-corrected chi connectivity index (χ3v) is 4.17. The van der Waals surface area contributed by atoms with Crippen LogP contribution in [-0.2, 0) is 0 Å². The molecular weight excluding hydrogens is 309 g/mol. The van der Waals surface area contributed by atoms with Gasteiger partial charge in [0.05, 0.1) is 35.5 Å². The second kappa shape index (κ2) is 6.04. The van der Waals surface area contributed by atoms with E-state index in [2.05, 4.69) is 5.32 Å². The molecule has 5 heteroatoms. The number of fused-ring (bicyclic) bond motifs is 1. The van der Waals surface area contributed by atoms with Crippen LogP contribution in [0.1, 0.15) is 18.0 Å². The molecule has 0 amide bonds. The minimum atomic E-state index is 0.0845. The molecule has 2 aromatic rings. The van der Waals surface area contributed by atoms with Crippen molar-refractivity contribution < 1.29 is 9.47 Å². The quantitative estimate of drug-likeness (QED) is 0.868. The van der Waals surface area contributed by atoms with E-state index in [1.807, 2.05) is 36.4 Å². The molecule has 0 bridgehead atoms. The van der Waals surface area contributed by atoms with Crippen LogP contribution in [0.4, 0.5) is 5.69 Å². The van der Waals surface area contributed by atoms with E-state index in [9.17, 15) is 0 Å². The molecule has 1 heterocycles. The first-order valence-electron chi connectivity index (χ1n) is 6.70. The van der Waals surface area contributed by atoms with Gasteiger partial charge in [-0.3, -0.25) is 0 Å². The van der Waals surface area contributed by atoms with Crippen molar-refractivity contribution in [3.8, 4) is 11.5 Å². The minimum absolute atomic E-state index is 0.0845. The SMILES string of the molecule is COc1ccc2c(c1)C(Nc1c(Cl)cccc1Cl)CCO2. The Morgan fingerprint density at radius 1 is 1.19 bits per heavy atom. The van der Waals surface area contributed by atoms with Gasteiger partial charge in [-0.1, -0.05) is 29.3 Å². The lowest BCUT2D eigenvalue weighted by Gasteiger charge is -2.28. The summed E-state index contributed by atoms with van der Waals surface area (Å²) in [6.07, 6.45) is 0.835. The Labute approximate surface area is 133 Å². The van der Waals surface area contributed by atoms with E-state index < -0.39 is 0 Å². The van der Waals surface area contributed by atoms with Crippen molar-refractivity contribution in [3.05, 3.63) is 52.0 Å². The summed E-state index contributed by atoms with van der Waals surface area (Å²) in [6.45, 7) is 0.652. The van der Waals surface area contributed by atoms with Crippen molar-refractivity contribution in [2.24, 2.45) is 0 Å². The molecule has 1 N–H and O–H groups in total. The zero-order valence-electron chi connectivity index (χ0n) is 11.5. The first-order chi connectivity index (χ1) is 10.2. The standard InChI is InChI=1S/C16H15Cl2NO2/c1-20-10-5-6-15-11(9-10)14(7-8-21-15)19-16-12(17)3-2-4-13(16)18/h2-6,9,14,19H,7-8H2,1H3. The summed E-state index contributed by atoms with van der Waals surface area (Å²) in [5, 5.41) is 4.64. The third kappa shape index (κ3) is 2.89. The smallest absolute Gasteiger partial charge is 0.124 e. The summed E-state index contributed by atoms with van der Waals surface area (Å²) >= 11 is 12.5. The molecule has 0 radical (unpaired) electrons. The van der Waals surface area contributed by atoms with Gasteiger partial charge in [-0.05, 0) is 30.3 Å². The zero-order chi connectivity index (χ0) is 14.8. The highest BCUT2D eigenvalue weighted by atomic mass is 35.5. The van der Waals surface area contributed by atoms with Gasteiger partial charge >= 0.3 is 0 Å². The number of hydrogen-bond acceptors (Lipinski definition) is 3. The van der Waals surface area contributed by atoms with Crippen molar-refractivity contribution >= 4 is 28.9 Å². The van der Waals surface area contributed by atoms with Gasteiger partial charge < -0.3 is 14.8 Å². The van der Waals surface area contributed by atoms with Gasteiger partial charge in [0, 0.05) is 12.0 Å². The maximum absolute atomic E-state index is 6.23. The Bertz CT molecular complexity index is 640. The Balaban J connectivity index is 1.95. The van der Waals surface area contributed by atoms with Crippen LogP contribution in [0, 0.1) is 0 Å². The van der Waals surface area contributed by atoms with Crippen molar-refractivity contribution in [1.29, 1.82) is 0 Å². The minimum Gasteiger partial charge on any atom is -0.497 e. The molecule has 1 aliphatic rings. The number of para-hydroxylation sites is 1. The second-order valence-electron chi connectivity index (χ2n) is 4.83. The highest BCUT2D eigenvalue weighted by Crippen LogP contribution is 2.39. The molecule has 0 aliphatic carbocycles. The van der Waals surface area contributed by atoms with Gasteiger partial charge in [0.25, 0.3) is 0 Å². The number of halogens is 2. The zero-order valence-corrected chi connectivity index (χ0v) is 13.0. The highest BCUT2D eigenvalue weighted by molar-refractivity contribution is 6.39. The fourth-order valence-electron chi connectivity index (χ4n) is 2.46. The lowest BCUT2D eigenvalue weighted by Crippen LogP contribution is -2.20. The first kappa shape index (κ1) is 14.4. The molecule has 3 rings (SSSR count). The Morgan fingerprint density at radius 3 is 2.67 bits per heavy atom. The molecule has 1 aliphatic heterocycles. The van der Waals surface area contributed by atoms with Gasteiger partial charge in [-0.2, -0.15) is 0 Å². The lowest BCUT2D eigenvalue weighted by molar-refractivity contribution is 0.273. The fraction of sp³-hybridized carbons (Fsp3) is 0.250. The molecule has 0 aromatic heterocycles. The number of hydrogen-bond donors (Lipinski definition) is 1. The summed E-state index contributed by atoms with van der Waals surface area (Å²) in [5.41, 5.74) is 1.80. The molecule has 2 aromatic carbocycles. The van der Waals surface area contributed by atoms with Gasteiger partial charge in [0.15, 0.2) is 0 Å².